The van der Waals surface area contributed by atoms with Gasteiger partial charge in [0.2, 0.25) is 5.91 Å². The van der Waals surface area contributed by atoms with Gasteiger partial charge in [-0.15, -0.1) is 0 Å². The lowest BCUT2D eigenvalue weighted by molar-refractivity contribution is -0.127. The van der Waals surface area contributed by atoms with E-state index in [2.05, 4.69) is 32.2 Å². The minimum absolute atomic E-state index is 0.365. The van der Waals surface area contributed by atoms with Crippen molar-refractivity contribution in [3.63, 3.8) is 0 Å². The van der Waals surface area contributed by atoms with Crippen molar-refractivity contribution < 1.29 is 4.79 Å². The first-order chi connectivity index (χ1) is 13.3. The maximum atomic E-state index is 11.7. The normalized spacial score (nSPS) is 23.3. The van der Waals surface area contributed by atoms with Crippen molar-refractivity contribution in [3.05, 3.63) is 23.8 Å². The minimum atomic E-state index is 0.365. The highest BCUT2D eigenvalue weighted by Crippen LogP contribution is 2.30. The van der Waals surface area contributed by atoms with Crippen LogP contribution in [0.5, 0.6) is 0 Å². The fourth-order valence-electron chi connectivity index (χ4n) is 4.99. The summed E-state index contributed by atoms with van der Waals surface area (Å²) >= 11 is 0. The Morgan fingerprint density at radius 3 is 2.33 bits per heavy atom. The number of likely N-dealkylation sites (tertiary alicyclic amines) is 2. The van der Waals surface area contributed by atoms with Crippen LogP contribution in [0.15, 0.2) is 12.4 Å². The Labute approximate surface area is 163 Å². The zero-order chi connectivity index (χ0) is 18.5. The van der Waals surface area contributed by atoms with Gasteiger partial charge >= 0.3 is 0 Å². The SMILES string of the molecule is O=C1CCCN1CCC1CCN(Cc2cnc(C3CCCCC3)nc2)CC1. The molecule has 1 aromatic rings. The van der Waals surface area contributed by atoms with Gasteiger partial charge in [-0.25, -0.2) is 9.97 Å². The third-order valence-electron chi connectivity index (χ3n) is 6.79. The third kappa shape index (κ3) is 5.07. The molecule has 0 spiro atoms. The molecule has 0 radical (unpaired) electrons. The van der Waals surface area contributed by atoms with Crippen LogP contribution in [-0.4, -0.2) is 51.9 Å². The van der Waals surface area contributed by atoms with Gasteiger partial charge < -0.3 is 4.90 Å². The van der Waals surface area contributed by atoms with Crippen LogP contribution in [0, 0.1) is 5.92 Å². The molecule has 3 heterocycles. The molecule has 1 saturated carbocycles. The lowest BCUT2D eigenvalue weighted by Gasteiger charge is -2.32. The summed E-state index contributed by atoms with van der Waals surface area (Å²) < 4.78 is 0. The molecule has 27 heavy (non-hydrogen) atoms. The van der Waals surface area contributed by atoms with Gasteiger partial charge in [0.15, 0.2) is 0 Å². The lowest BCUT2D eigenvalue weighted by atomic mass is 9.89. The van der Waals surface area contributed by atoms with Crippen LogP contribution in [-0.2, 0) is 11.3 Å². The van der Waals surface area contributed by atoms with Gasteiger partial charge in [-0.2, -0.15) is 0 Å². The average Bonchev–Trinajstić information content (AvgIpc) is 3.13. The van der Waals surface area contributed by atoms with Crippen LogP contribution >= 0.6 is 0 Å². The number of carbonyl (C=O) groups is 1. The second-order valence-electron chi connectivity index (χ2n) is 8.78. The minimum Gasteiger partial charge on any atom is -0.343 e. The van der Waals surface area contributed by atoms with Crippen LogP contribution in [0.1, 0.15) is 81.5 Å². The number of amides is 1. The highest BCUT2D eigenvalue weighted by molar-refractivity contribution is 5.77. The molecule has 0 unspecified atom stereocenters. The molecule has 0 aromatic carbocycles. The van der Waals surface area contributed by atoms with E-state index < -0.39 is 0 Å². The third-order valence-corrected chi connectivity index (χ3v) is 6.79. The van der Waals surface area contributed by atoms with E-state index in [-0.39, 0.29) is 0 Å². The summed E-state index contributed by atoms with van der Waals surface area (Å²) in [6, 6.07) is 0. The number of hydrogen-bond acceptors (Lipinski definition) is 4. The topological polar surface area (TPSA) is 49.3 Å². The van der Waals surface area contributed by atoms with E-state index in [9.17, 15) is 4.79 Å². The fourth-order valence-corrected chi connectivity index (χ4v) is 4.99. The summed E-state index contributed by atoms with van der Waals surface area (Å²) in [5.41, 5.74) is 1.25. The van der Waals surface area contributed by atoms with Crippen molar-refractivity contribution in [3.8, 4) is 0 Å². The van der Waals surface area contributed by atoms with Crippen LogP contribution in [0.2, 0.25) is 0 Å². The molecule has 0 N–H and O–H groups in total. The van der Waals surface area contributed by atoms with Crippen LogP contribution in [0.4, 0.5) is 0 Å². The zero-order valence-electron chi connectivity index (χ0n) is 16.6. The Morgan fingerprint density at radius 2 is 1.67 bits per heavy atom. The van der Waals surface area contributed by atoms with Gasteiger partial charge in [-0.05, 0) is 57.5 Å². The number of aromatic nitrogens is 2. The predicted molar refractivity (Wildman–Crippen MR) is 106 cm³/mol. The summed E-state index contributed by atoms with van der Waals surface area (Å²) in [5, 5.41) is 0. The Hall–Kier alpha value is -1.49. The molecule has 1 amide bonds. The van der Waals surface area contributed by atoms with Gasteiger partial charge in [-0.1, -0.05) is 19.3 Å². The monoisotopic (exact) mass is 370 g/mol. The van der Waals surface area contributed by atoms with Crippen LogP contribution < -0.4 is 0 Å². The first-order valence-corrected chi connectivity index (χ1v) is 11.1. The molecule has 0 atom stereocenters. The lowest BCUT2D eigenvalue weighted by Crippen LogP contribution is -2.35. The molecular formula is C22H34N4O. The Morgan fingerprint density at radius 1 is 0.926 bits per heavy atom. The smallest absolute Gasteiger partial charge is 0.222 e. The number of carbonyl (C=O) groups excluding carboxylic acids is 1. The van der Waals surface area contributed by atoms with Crippen molar-refractivity contribution in [1.82, 2.24) is 19.8 Å². The van der Waals surface area contributed by atoms with Crippen molar-refractivity contribution in [2.75, 3.05) is 26.2 Å². The molecule has 5 nitrogen and oxygen atoms in total. The molecule has 148 valence electrons. The maximum absolute atomic E-state index is 11.7. The van der Waals surface area contributed by atoms with E-state index in [1.807, 2.05) is 0 Å². The average molecular weight is 371 g/mol. The van der Waals surface area contributed by atoms with E-state index in [1.165, 1.54) is 56.9 Å². The summed E-state index contributed by atoms with van der Waals surface area (Å²) in [7, 11) is 0. The zero-order valence-corrected chi connectivity index (χ0v) is 16.6. The second kappa shape index (κ2) is 9.13. The summed E-state index contributed by atoms with van der Waals surface area (Å²) in [4.78, 5) is 25.7. The van der Waals surface area contributed by atoms with Crippen molar-refractivity contribution in [2.45, 2.75) is 76.7 Å². The molecule has 0 bridgehead atoms. The highest BCUT2D eigenvalue weighted by atomic mass is 16.2. The number of nitrogens with zero attached hydrogens (tertiary/aromatic N) is 4. The molecule has 1 aliphatic carbocycles. The maximum Gasteiger partial charge on any atom is 0.222 e. The summed E-state index contributed by atoms with van der Waals surface area (Å²) in [5.74, 6) is 2.79. The van der Waals surface area contributed by atoms with Crippen molar-refractivity contribution >= 4 is 5.91 Å². The van der Waals surface area contributed by atoms with Gasteiger partial charge in [0.1, 0.15) is 5.82 Å². The van der Waals surface area contributed by atoms with Crippen molar-refractivity contribution in [2.24, 2.45) is 5.92 Å². The molecule has 5 heteroatoms. The van der Waals surface area contributed by atoms with Crippen molar-refractivity contribution in [1.29, 1.82) is 0 Å². The van der Waals surface area contributed by atoms with Gasteiger partial charge in [-0.3, -0.25) is 9.69 Å². The molecule has 2 aliphatic heterocycles. The van der Waals surface area contributed by atoms with Crippen LogP contribution in [0.25, 0.3) is 0 Å². The molecule has 4 rings (SSSR count). The van der Waals surface area contributed by atoms with E-state index in [0.29, 0.717) is 11.8 Å². The predicted octanol–water partition coefficient (Wildman–Crippen LogP) is 3.75. The van der Waals surface area contributed by atoms with E-state index in [4.69, 9.17) is 0 Å². The Balaban J connectivity index is 1.19. The molecule has 3 aliphatic rings. The Bertz CT molecular complexity index is 603. The number of hydrogen-bond donors (Lipinski definition) is 0. The van der Waals surface area contributed by atoms with Gasteiger partial charge in [0.05, 0.1) is 0 Å². The second-order valence-corrected chi connectivity index (χ2v) is 8.78. The van der Waals surface area contributed by atoms with E-state index in [0.717, 1.165) is 57.3 Å². The van der Waals surface area contributed by atoms with E-state index in [1.54, 1.807) is 0 Å². The number of rotatable bonds is 6. The first-order valence-electron chi connectivity index (χ1n) is 11.1. The van der Waals surface area contributed by atoms with Crippen LogP contribution in [0.3, 0.4) is 0 Å². The quantitative estimate of drug-likeness (QED) is 0.765. The van der Waals surface area contributed by atoms with E-state index >= 15 is 0 Å². The highest BCUT2D eigenvalue weighted by Gasteiger charge is 2.24. The Kier molecular flexibility index (Phi) is 6.38. The van der Waals surface area contributed by atoms with Gasteiger partial charge in [0, 0.05) is 49.9 Å². The fraction of sp³-hybridized carbons (Fsp3) is 0.773. The molecular weight excluding hydrogens is 336 g/mol. The molecule has 3 fully saturated rings. The molecule has 2 saturated heterocycles. The number of piperidine rings is 1. The summed E-state index contributed by atoms with van der Waals surface area (Å²) in [6.45, 7) is 5.24. The van der Waals surface area contributed by atoms with Gasteiger partial charge in [0.25, 0.3) is 0 Å². The largest absolute Gasteiger partial charge is 0.343 e. The summed E-state index contributed by atoms with van der Waals surface area (Å²) in [6.07, 6.45) is 16.2. The molecule has 1 aromatic heterocycles. The standard InChI is InChI=1S/C22H34N4O/c27-21-7-4-11-26(21)14-10-18-8-12-25(13-9-18)17-19-15-23-22(24-16-19)20-5-2-1-3-6-20/h15-16,18,20H,1-14,17H2. The first kappa shape index (κ1) is 18.9.